The molecule has 0 aliphatic rings. The Kier molecular flexibility index (Phi) is 4.41. The third-order valence-corrected chi connectivity index (χ3v) is 5.25. The number of fused-ring (bicyclic) bond motifs is 1. The van der Waals surface area contributed by atoms with Crippen LogP contribution in [0, 0.1) is 6.92 Å². The lowest BCUT2D eigenvalue weighted by atomic mass is 10.0. The summed E-state index contributed by atoms with van der Waals surface area (Å²) in [6.07, 6.45) is 1.69. The molecule has 0 N–H and O–H groups in total. The van der Waals surface area contributed by atoms with Gasteiger partial charge in [-0.2, -0.15) is 10.1 Å². The lowest BCUT2D eigenvalue weighted by molar-refractivity contribution is 0.0988. The van der Waals surface area contributed by atoms with Crippen LogP contribution in [-0.4, -0.2) is 20.3 Å². The van der Waals surface area contributed by atoms with Gasteiger partial charge >= 0.3 is 0 Å². The molecule has 3 aromatic rings. The standard InChI is InChI=1S/C18H22N4OS/c1-6-22-14-8-7-13(11(2)3)9-15(14)24-18(22)20-17(23)16-12(4)10-19-21(16)5/h7-11H,6H2,1-5H3. The second-order valence-corrected chi connectivity index (χ2v) is 7.24. The topological polar surface area (TPSA) is 52.2 Å². The molecule has 0 radical (unpaired) electrons. The summed E-state index contributed by atoms with van der Waals surface area (Å²) in [6, 6.07) is 6.49. The summed E-state index contributed by atoms with van der Waals surface area (Å²) in [5, 5.41) is 4.13. The highest BCUT2D eigenvalue weighted by molar-refractivity contribution is 7.16. The summed E-state index contributed by atoms with van der Waals surface area (Å²) in [5.74, 6) is 0.232. The van der Waals surface area contributed by atoms with Gasteiger partial charge in [0.05, 0.1) is 16.4 Å². The van der Waals surface area contributed by atoms with Gasteiger partial charge in [-0.3, -0.25) is 9.48 Å². The average Bonchev–Trinajstić information content (AvgIpc) is 3.05. The molecule has 0 saturated carbocycles. The van der Waals surface area contributed by atoms with Crippen molar-refractivity contribution in [3.63, 3.8) is 0 Å². The molecule has 0 aliphatic carbocycles. The van der Waals surface area contributed by atoms with Crippen LogP contribution in [0.1, 0.15) is 48.3 Å². The number of aryl methyl sites for hydroxylation is 3. The minimum Gasteiger partial charge on any atom is -0.317 e. The van der Waals surface area contributed by atoms with Crippen LogP contribution in [0.2, 0.25) is 0 Å². The van der Waals surface area contributed by atoms with Gasteiger partial charge in [0.25, 0.3) is 5.91 Å². The van der Waals surface area contributed by atoms with Gasteiger partial charge in [0.1, 0.15) is 5.69 Å². The number of carbonyl (C=O) groups excluding carboxylic acids is 1. The average molecular weight is 342 g/mol. The molecule has 0 saturated heterocycles. The van der Waals surface area contributed by atoms with Crippen LogP contribution in [-0.2, 0) is 13.6 Å². The zero-order valence-electron chi connectivity index (χ0n) is 14.7. The highest BCUT2D eigenvalue weighted by Crippen LogP contribution is 2.23. The quantitative estimate of drug-likeness (QED) is 0.730. The van der Waals surface area contributed by atoms with E-state index in [1.165, 1.54) is 5.56 Å². The first-order valence-corrected chi connectivity index (χ1v) is 8.95. The molecule has 24 heavy (non-hydrogen) atoms. The Bertz CT molecular complexity index is 955. The molecule has 0 fully saturated rings. The van der Waals surface area contributed by atoms with Gasteiger partial charge in [-0.1, -0.05) is 31.3 Å². The number of aromatic nitrogens is 3. The molecule has 126 valence electrons. The number of carbonyl (C=O) groups is 1. The Balaban J connectivity index is 2.16. The van der Waals surface area contributed by atoms with Crippen molar-refractivity contribution in [2.45, 2.75) is 40.2 Å². The fourth-order valence-electron chi connectivity index (χ4n) is 2.83. The van der Waals surface area contributed by atoms with Crippen LogP contribution in [0.3, 0.4) is 0 Å². The Morgan fingerprint density at radius 3 is 2.71 bits per heavy atom. The maximum Gasteiger partial charge on any atom is 0.298 e. The monoisotopic (exact) mass is 342 g/mol. The minimum atomic E-state index is -0.245. The highest BCUT2D eigenvalue weighted by Gasteiger charge is 2.15. The molecule has 6 heteroatoms. The first-order chi connectivity index (χ1) is 11.4. The lowest BCUT2D eigenvalue weighted by Crippen LogP contribution is -2.17. The van der Waals surface area contributed by atoms with Gasteiger partial charge in [-0.15, -0.1) is 0 Å². The number of amides is 1. The molecule has 2 heterocycles. The molecule has 5 nitrogen and oxygen atoms in total. The number of hydrogen-bond donors (Lipinski definition) is 0. The predicted octanol–water partition coefficient (Wildman–Crippen LogP) is 3.63. The lowest BCUT2D eigenvalue weighted by Gasteiger charge is -2.05. The van der Waals surface area contributed by atoms with E-state index < -0.39 is 0 Å². The summed E-state index contributed by atoms with van der Waals surface area (Å²) in [6.45, 7) is 9.09. The molecule has 1 aromatic carbocycles. The fourth-order valence-corrected chi connectivity index (χ4v) is 3.97. The largest absolute Gasteiger partial charge is 0.317 e. The molecule has 2 aromatic heterocycles. The Morgan fingerprint density at radius 1 is 1.38 bits per heavy atom. The number of thiazole rings is 1. The molecule has 3 rings (SSSR count). The summed E-state index contributed by atoms with van der Waals surface area (Å²) in [4.78, 5) is 17.7. The smallest absolute Gasteiger partial charge is 0.298 e. The van der Waals surface area contributed by atoms with Crippen LogP contribution in [0.5, 0.6) is 0 Å². The van der Waals surface area contributed by atoms with Crippen molar-refractivity contribution in [1.29, 1.82) is 0 Å². The molecule has 0 bridgehead atoms. The molecule has 0 unspecified atom stereocenters. The molecule has 0 spiro atoms. The van der Waals surface area contributed by atoms with Crippen LogP contribution in [0.4, 0.5) is 0 Å². The number of hydrogen-bond acceptors (Lipinski definition) is 3. The second kappa shape index (κ2) is 6.36. The van der Waals surface area contributed by atoms with Crippen LogP contribution in [0.25, 0.3) is 10.2 Å². The van der Waals surface area contributed by atoms with Gasteiger partial charge < -0.3 is 4.57 Å². The summed E-state index contributed by atoms with van der Waals surface area (Å²) in [5.41, 5.74) is 3.81. The maximum absolute atomic E-state index is 12.6. The molecule has 0 aliphatic heterocycles. The molecular weight excluding hydrogens is 320 g/mol. The van der Waals surface area contributed by atoms with E-state index in [9.17, 15) is 4.79 Å². The van der Waals surface area contributed by atoms with Crippen molar-refractivity contribution in [2.75, 3.05) is 0 Å². The van der Waals surface area contributed by atoms with Crippen LogP contribution in [0.15, 0.2) is 29.4 Å². The summed E-state index contributed by atoms with van der Waals surface area (Å²) < 4.78 is 4.84. The normalized spacial score (nSPS) is 12.5. The van der Waals surface area contributed by atoms with Gasteiger partial charge in [-0.25, -0.2) is 0 Å². The number of nitrogens with zero attached hydrogens (tertiary/aromatic N) is 4. The van der Waals surface area contributed by atoms with Crippen molar-refractivity contribution in [3.8, 4) is 0 Å². The minimum absolute atomic E-state index is 0.245. The third kappa shape index (κ3) is 2.82. The van der Waals surface area contributed by atoms with E-state index >= 15 is 0 Å². The van der Waals surface area contributed by atoms with Gasteiger partial charge in [0.15, 0.2) is 4.80 Å². The molecule has 0 atom stereocenters. The van der Waals surface area contributed by atoms with Crippen molar-refractivity contribution >= 4 is 27.5 Å². The third-order valence-electron chi connectivity index (χ3n) is 4.21. The zero-order valence-corrected chi connectivity index (χ0v) is 15.5. The van der Waals surface area contributed by atoms with E-state index in [-0.39, 0.29) is 5.91 Å². The van der Waals surface area contributed by atoms with E-state index in [0.717, 1.165) is 27.1 Å². The summed E-state index contributed by atoms with van der Waals surface area (Å²) >= 11 is 1.56. The van der Waals surface area contributed by atoms with Crippen molar-refractivity contribution in [1.82, 2.24) is 14.3 Å². The number of benzene rings is 1. The highest BCUT2D eigenvalue weighted by atomic mass is 32.1. The van der Waals surface area contributed by atoms with Crippen molar-refractivity contribution in [3.05, 3.63) is 46.0 Å². The predicted molar refractivity (Wildman–Crippen MR) is 97.4 cm³/mol. The Morgan fingerprint density at radius 2 is 2.12 bits per heavy atom. The van der Waals surface area contributed by atoms with Gasteiger partial charge in [0.2, 0.25) is 0 Å². The zero-order chi connectivity index (χ0) is 17.4. The molecule has 1 amide bonds. The van der Waals surface area contributed by atoms with Gasteiger partial charge in [-0.05, 0) is 37.5 Å². The van der Waals surface area contributed by atoms with E-state index in [1.54, 1.807) is 29.3 Å². The van der Waals surface area contributed by atoms with E-state index in [0.29, 0.717) is 11.6 Å². The first kappa shape index (κ1) is 16.6. The van der Waals surface area contributed by atoms with Gasteiger partial charge in [0, 0.05) is 19.2 Å². The molecular formula is C18H22N4OS. The Hall–Kier alpha value is -2.21. The Labute approximate surface area is 145 Å². The second-order valence-electron chi connectivity index (χ2n) is 6.23. The van der Waals surface area contributed by atoms with E-state index in [4.69, 9.17) is 0 Å². The van der Waals surface area contributed by atoms with Crippen molar-refractivity contribution < 1.29 is 4.79 Å². The van der Waals surface area contributed by atoms with Crippen LogP contribution < -0.4 is 4.80 Å². The summed E-state index contributed by atoms with van der Waals surface area (Å²) in [7, 11) is 1.77. The first-order valence-electron chi connectivity index (χ1n) is 8.13. The van der Waals surface area contributed by atoms with E-state index in [1.807, 2.05) is 6.92 Å². The number of rotatable bonds is 3. The van der Waals surface area contributed by atoms with E-state index in [2.05, 4.69) is 53.6 Å². The van der Waals surface area contributed by atoms with Crippen molar-refractivity contribution in [2.24, 2.45) is 12.0 Å². The SMILES string of the molecule is CCn1c(=NC(=O)c2c(C)cnn2C)sc2cc(C(C)C)ccc21. The maximum atomic E-state index is 12.6. The fraction of sp³-hybridized carbons (Fsp3) is 0.389. The van der Waals surface area contributed by atoms with Crippen LogP contribution >= 0.6 is 11.3 Å².